The lowest BCUT2D eigenvalue weighted by molar-refractivity contribution is -0.152. The summed E-state index contributed by atoms with van der Waals surface area (Å²) in [6, 6.07) is 7.67. The SMILES string of the molecule is Cc1cccc(Nc2c(-c3ccncc3OCC3(C)CCO3)[nH]c3c2C(=O)NCC3)c1Cl. The highest BCUT2D eigenvalue weighted by molar-refractivity contribution is 6.34. The number of aryl methyl sites for hydroxylation is 1. The van der Waals surface area contributed by atoms with Crippen molar-refractivity contribution in [1.82, 2.24) is 15.3 Å². The molecule has 2 aliphatic heterocycles. The van der Waals surface area contributed by atoms with Crippen LogP contribution in [0.15, 0.2) is 36.7 Å². The van der Waals surface area contributed by atoms with Crippen molar-refractivity contribution in [2.24, 2.45) is 0 Å². The lowest BCUT2D eigenvalue weighted by atomic mass is 9.99. The molecule has 1 atom stereocenters. The van der Waals surface area contributed by atoms with Crippen LogP contribution in [0.4, 0.5) is 11.4 Å². The van der Waals surface area contributed by atoms with Crippen molar-refractivity contribution in [2.75, 3.05) is 25.1 Å². The number of nitrogens with one attached hydrogen (secondary N) is 3. The topological polar surface area (TPSA) is 88.3 Å². The Morgan fingerprint density at radius 3 is 2.97 bits per heavy atom. The quantitative estimate of drug-likeness (QED) is 0.507. The molecule has 0 bridgehead atoms. The van der Waals surface area contributed by atoms with E-state index < -0.39 is 0 Å². The predicted molar refractivity (Wildman–Crippen MR) is 124 cm³/mol. The molecule has 1 amide bonds. The first-order valence-electron chi connectivity index (χ1n) is 10.7. The molecular weight excluding hydrogens is 428 g/mol. The van der Waals surface area contributed by atoms with Crippen LogP contribution in [-0.4, -0.2) is 41.2 Å². The molecule has 1 unspecified atom stereocenters. The zero-order valence-electron chi connectivity index (χ0n) is 18.0. The number of hydrogen-bond acceptors (Lipinski definition) is 5. The summed E-state index contributed by atoms with van der Waals surface area (Å²) in [5.41, 5.74) is 5.14. The van der Waals surface area contributed by atoms with E-state index in [9.17, 15) is 4.79 Å². The van der Waals surface area contributed by atoms with Crippen molar-refractivity contribution in [3.63, 3.8) is 0 Å². The van der Waals surface area contributed by atoms with E-state index in [4.69, 9.17) is 21.1 Å². The molecule has 4 heterocycles. The largest absolute Gasteiger partial charge is 0.488 e. The number of hydrogen-bond donors (Lipinski definition) is 3. The van der Waals surface area contributed by atoms with Gasteiger partial charge in [-0.25, -0.2) is 0 Å². The Balaban J connectivity index is 1.59. The third-order valence-corrected chi connectivity index (χ3v) is 6.59. The summed E-state index contributed by atoms with van der Waals surface area (Å²) in [6.45, 7) is 5.76. The molecular formula is C24H25ClN4O3. The number of ether oxygens (including phenoxy) is 2. The second-order valence-electron chi connectivity index (χ2n) is 8.50. The van der Waals surface area contributed by atoms with Gasteiger partial charge in [0.05, 0.1) is 40.5 Å². The van der Waals surface area contributed by atoms with E-state index in [1.807, 2.05) is 38.1 Å². The molecule has 0 spiro atoms. The van der Waals surface area contributed by atoms with E-state index in [1.54, 1.807) is 12.4 Å². The third kappa shape index (κ3) is 3.72. The standard InChI is InChI=1S/C24H25ClN4O3/c1-14-4-3-5-17(20(14)25)29-22-19-16(7-10-27-23(19)30)28-21(22)15-6-9-26-12-18(15)31-13-24(2)8-11-32-24/h3-6,9,12,28-29H,7-8,10-11,13H2,1-2H3,(H,27,30). The predicted octanol–water partition coefficient (Wildman–Crippen LogP) is 4.63. The fraction of sp³-hybridized carbons (Fsp3) is 0.333. The van der Waals surface area contributed by atoms with Crippen molar-refractivity contribution in [1.29, 1.82) is 0 Å². The van der Waals surface area contributed by atoms with E-state index in [-0.39, 0.29) is 11.5 Å². The highest BCUT2D eigenvalue weighted by Crippen LogP contribution is 2.42. The van der Waals surface area contributed by atoms with Crippen LogP contribution in [0.5, 0.6) is 5.75 Å². The minimum atomic E-state index is -0.280. The number of aromatic nitrogens is 2. The number of rotatable bonds is 6. The maximum Gasteiger partial charge on any atom is 0.255 e. The molecule has 2 aromatic heterocycles. The zero-order chi connectivity index (χ0) is 22.3. The van der Waals surface area contributed by atoms with E-state index in [0.717, 1.165) is 41.2 Å². The molecule has 1 fully saturated rings. The number of carbonyl (C=O) groups is 1. The van der Waals surface area contributed by atoms with Gasteiger partial charge in [-0.15, -0.1) is 0 Å². The monoisotopic (exact) mass is 452 g/mol. The summed E-state index contributed by atoms with van der Waals surface area (Å²) in [6.07, 6.45) is 5.08. The maximum atomic E-state index is 12.8. The van der Waals surface area contributed by atoms with Gasteiger partial charge < -0.3 is 25.1 Å². The second-order valence-corrected chi connectivity index (χ2v) is 8.88. The molecule has 7 nitrogen and oxygen atoms in total. The fourth-order valence-electron chi connectivity index (χ4n) is 4.08. The van der Waals surface area contributed by atoms with Crippen LogP contribution in [0.1, 0.15) is 35.0 Å². The Hall–Kier alpha value is -3.03. The number of carbonyl (C=O) groups excluding carboxylic acids is 1. The van der Waals surface area contributed by atoms with Gasteiger partial charge in [-0.2, -0.15) is 0 Å². The molecule has 1 aromatic carbocycles. The van der Waals surface area contributed by atoms with Crippen molar-refractivity contribution >= 4 is 28.9 Å². The highest BCUT2D eigenvalue weighted by Gasteiger charge is 2.34. The van der Waals surface area contributed by atoms with E-state index >= 15 is 0 Å². The molecule has 2 aliphatic rings. The molecule has 166 valence electrons. The van der Waals surface area contributed by atoms with Crippen molar-refractivity contribution in [2.45, 2.75) is 32.3 Å². The molecule has 32 heavy (non-hydrogen) atoms. The molecule has 1 saturated heterocycles. The average molecular weight is 453 g/mol. The van der Waals surface area contributed by atoms with Gasteiger partial charge in [-0.05, 0) is 31.5 Å². The van der Waals surface area contributed by atoms with Gasteiger partial charge >= 0.3 is 0 Å². The van der Waals surface area contributed by atoms with Crippen LogP contribution in [0.25, 0.3) is 11.3 Å². The molecule has 3 aromatic rings. The number of nitrogens with zero attached hydrogens (tertiary/aromatic N) is 1. The second kappa shape index (κ2) is 8.15. The first-order valence-corrected chi connectivity index (χ1v) is 11.1. The number of amides is 1. The summed E-state index contributed by atoms with van der Waals surface area (Å²) in [5, 5.41) is 6.97. The van der Waals surface area contributed by atoms with E-state index in [1.165, 1.54) is 0 Å². The Morgan fingerprint density at radius 2 is 2.19 bits per heavy atom. The van der Waals surface area contributed by atoms with Crippen LogP contribution in [0.2, 0.25) is 5.02 Å². The van der Waals surface area contributed by atoms with Gasteiger partial charge in [0.1, 0.15) is 18.0 Å². The Bertz CT molecular complexity index is 1190. The van der Waals surface area contributed by atoms with Crippen LogP contribution in [0.3, 0.4) is 0 Å². The Morgan fingerprint density at radius 1 is 1.34 bits per heavy atom. The van der Waals surface area contributed by atoms with Gasteiger partial charge in [0.25, 0.3) is 5.91 Å². The van der Waals surface area contributed by atoms with Crippen molar-refractivity contribution < 1.29 is 14.3 Å². The minimum absolute atomic E-state index is 0.119. The summed E-state index contributed by atoms with van der Waals surface area (Å²) in [5.74, 6) is 0.508. The van der Waals surface area contributed by atoms with Gasteiger partial charge in [-0.1, -0.05) is 23.7 Å². The summed E-state index contributed by atoms with van der Waals surface area (Å²) in [7, 11) is 0. The molecule has 0 aliphatic carbocycles. The zero-order valence-corrected chi connectivity index (χ0v) is 18.8. The normalized spacial score (nSPS) is 19.7. The van der Waals surface area contributed by atoms with Crippen LogP contribution in [0, 0.1) is 6.92 Å². The Labute approximate surface area is 191 Å². The van der Waals surface area contributed by atoms with Crippen LogP contribution < -0.4 is 15.4 Å². The Kier molecular flexibility index (Phi) is 5.31. The minimum Gasteiger partial charge on any atom is -0.488 e. The fourth-order valence-corrected chi connectivity index (χ4v) is 4.25. The summed E-state index contributed by atoms with van der Waals surface area (Å²) >= 11 is 6.56. The van der Waals surface area contributed by atoms with Gasteiger partial charge in [-0.3, -0.25) is 9.78 Å². The molecule has 0 radical (unpaired) electrons. The summed E-state index contributed by atoms with van der Waals surface area (Å²) < 4.78 is 11.8. The first-order chi connectivity index (χ1) is 15.5. The number of halogens is 1. The average Bonchev–Trinajstić information content (AvgIpc) is 3.14. The van der Waals surface area contributed by atoms with Gasteiger partial charge in [0.15, 0.2) is 0 Å². The van der Waals surface area contributed by atoms with Gasteiger partial charge in [0.2, 0.25) is 0 Å². The maximum absolute atomic E-state index is 12.8. The number of anilines is 2. The smallest absolute Gasteiger partial charge is 0.255 e. The summed E-state index contributed by atoms with van der Waals surface area (Å²) in [4.78, 5) is 20.5. The van der Waals surface area contributed by atoms with Crippen molar-refractivity contribution in [3.05, 3.63) is 58.5 Å². The van der Waals surface area contributed by atoms with Crippen LogP contribution in [-0.2, 0) is 11.2 Å². The first kappa shape index (κ1) is 20.8. The lowest BCUT2D eigenvalue weighted by Gasteiger charge is -2.38. The number of pyridine rings is 1. The van der Waals surface area contributed by atoms with Gasteiger partial charge in [0, 0.05) is 36.8 Å². The van der Waals surface area contributed by atoms with Crippen molar-refractivity contribution in [3.8, 4) is 17.0 Å². The number of H-pyrrole nitrogens is 1. The van der Waals surface area contributed by atoms with E-state index in [2.05, 4.69) is 20.6 Å². The van der Waals surface area contributed by atoms with E-state index in [0.29, 0.717) is 41.6 Å². The highest BCUT2D eigenvalue weighted by atomic mass is 35.5. The molecule has 5 rings (SSSR count). The van der Waals surface area contributed by atoms with Crippen LogP contribution >= 0.6 is 11.6 Å². The number of aromatic amines is 1. The number of benzene rings is 1. The number of fused-ring (bicyclic) bond motifs is 1. The third-order valence-electron chi connectivity index (χ3n) is 6.09. The molecule has 0 saturated carbocycles. The molecule has 8 heteroatoms. The molecule has 3 N–H and O–H groups in total. The lowest BCUT2D eigenvalue weighted by Crippen LogP contribution is -2.45.